The SMILES string of the molecule is CCc1ccc(N2C(=O)/C(=C/c3ccccc3OCCOc3ccccc3Cl)SC2=S)cc1. The number of hydrogen-bond acceptors (Lipinski definition) is 5. The lowest BCUT2D eigenvalue weighted by molar-refractivity contribution is -0.113. The van der Waals surface area contributed by atoms with Crippen LogP contribution >= 0.6 is 35.6 Å². The summed E-state index contributed by atoms with van der Waals surface area (Å²) in [5.41, 5.74) is 2.79. The Morgan fingerprint density at radius 2 is 1.58 bits per heavy atom. The average molecular weight is 496 g/mol. The lowest BCUT2D eigenvalue weighted by atomic mass is 10.1. The third-order valence-corrected chi connectivity index (χ3v) is 6.65. The quantitative estimate of drug-likeness (QED) is 0.196. The summed E-state index contributed by atoms with van der Waals surface area (Å²) in [5, 5.41) is 0.560. The van der Waals surface area contributed by atoms with Crippen LogP contribution in [0.5, 0.6) is 11.5 Å². The molecular formula is C26H22ClNO3S2. The van der Waals surface area contributed by atoms with Crippen molar-refractivity contribution < 1.29 is 14.3 Å². The van der Waals surface area contributed by atoms with E-state index in [0.717, 1.165) is 17.7 Å². The molecule has 1 heterocycles. The molecule has 0 spiro atoms. The Morgan fingerprint density at radius 3 is 2.27 bits per heavy atom. The van der Waals surface area contributed by atoms with Crippen LogP contribution in [0.25, 0.3) is 6.08 Å². The number of nitrogens with zero attached hydrogens (tertiary/aromatic N) is 1. The van der Waals surface area contributed by atoms with Gasteiger partial charge in [-0.1, -0.05) is 85.0 Å². The molecule has 0 atom stereocenters. The Bertz CT molecular complexity index is 1190. The van der Waals surface area contributed by atoms with E-state index in [1.807, 2.05) is 72.8 Å². The molecule has 7 heteroatoms. The van der Waals surface area contributed by atoms with Crippen LogP contribution < -0.4 is 14.4 Å². The van der Waals surface area contributed by atoms with Crippen molar-refractivity contribution >= 4 is 57.6 Å². The molecule has 0 unspecified atom stereocenters. The topological polar surface area (TPSA) is 38.8 Å². The van der Waals surface area contributed by atoms with Crippen molar-refractivity contribution in [3.63, 3.8) is 0 Å². The van der Waals surface area contributed by atoms with E-state index in [0.29, 0.717) is 39.0 Å². The summed E-state index contributed by atoms with van der Waals surface area (Å²) in [7, 11) is 0. The van der Waals surface area contributed by atoms with Gasteiger partial charge in [-0.3, -0.25) is 9.69 Å². The van der Waals surface area contributed by atoms with Crippen molar-refractivity contribution in [2.24, 2.45) is 0 Å². The van der Waals surface area contributed by atoms with Gasteiger partial charge in [0.1, 0.15) is 24.7 Å². The van der Waals surface area contributed by atoms with Gasteiger partial charge in [-0.15, -0.1) is 0 Å². The summed E-state index contributed by atoms with van der Waals surface area (Å²) in [6.45, 7) is 2.77. The Balaban J connectivity index is 1.45. The van der Waals surface area contributed by atoms with Gasteiger partial charge in [-0.25, -0.2) is 0 Å². The molecule has 1 amide bonds. The maximum absolute atomic E-state index is 13.1. The first kappa shape index (κ1) is 23.4. The van der Waals surface area contributed by atoms with E-state index in [9.17, 15) is 4.79 Å². The second-order valence-electron chi connectivity index (χ2n) is 7.20. The van der Waals surface area contributed by atoms with E-state index in [1.165, 1.54) is 17.3 Å². The summed E-state index contributed by atoms with van der Waals surface area (Å²) >= 11 is 12.9. The predicted molar refractivity (Wildman–Crippen MR) is 140 cm³/mol. The normalized spacial score (nSPS) is 14.7. The molecule has 4 rings (SSSR count). The van der Waals surface area contributed by atoms with Crippen molar-refractivity contribution in [3.8, 4) is 11.5 Å². The molecule has 4 nitrogen and oxygen atoms in total. The monoisotopic (exact) mass is 495 g/mol. The molecule has 1 saturated heterocycles. The third kappa shape index (κ3) is 5.58. The van der Waals surface area contributed by atoms with E-state index in [4.69, 9.17) is 33.3 Å². The molecule has 0 aromatic heterocycles. The van der Waals surface area contributed by atoms with Gasteiger partial charge in [0.05, 0.1) is 15.6 Å². The van der Waals surface area contributed by atoms with E-state index in [1.54, 1.807) is 11.0 Å². The number of amides is 1. The van der Waals surface area contributed by atoms with Crippen molar-refractivity contribution in [1.82, 2.24) is 0 Å². The molecule has 0 N–H and O–H groups in total. The first-order valence-electron chi connectivity index (χ1n) is 10.5. The molecule has 1 fully saturated rings. The van der Waals surface area contributed by atoms with Gasteiger partial charge in [0.2, 0.25) is 0 Å². The molecule has 1 aliphatic rings. The number of benzene rings is 3. The number of aryl methyl sites for hydroxylation is 1. The number of carbonyl (C=O) groups excluding carboxylic acids is 1. The fourth-order valence-corrected chi connectivity index (χ4v) is 4.79. The van der Waals surface area contributed by atoms with Gasteiger partial charge < -0.3 is 9.47 Å². The number of halogens is 1. The molecule has 0 saturated carbocycles. The highest BCUT2D eigenvalue weighted by Crippen LogP contribution is 2.37. The first-order valence-corrected chi connectivity index (χ1v) is 12.1. The molecule has 1 aliphatic heterocycles. The number of para-hydroxylation sites is 2. The molecule has 168 valence electrons. The lowest BCUT2D eigenvalue weighted by Gasteiger charge is -2.15. The summed E-state index contributed by atoms with van der Waals surface area (Å²) in [4.78, 5) is 15.2. The zero-order valence-electron chi connectivity index (χ0n) is 18.0. The fourth-order valence-electron chi connectivity index (χ4n) is 3.31. The highest BCUT2D eigenvalue weighted by molar-refractivity contribution is 8.27. The van der Waals surface area contributed by atoms with Crippen LogP contribution in [0.3, 0.4) is 0 Å². The van der Waals surface area contributed by atoms with Gasteiger partial charge in [0.15, 0.2) is 4.32 Å². The van der Waals surface area contributed by atoms with E-state index < -0.39 is 0 Å². The molecular weight excluding hydrogens is 474 g/mol. The van der Waals surface area contributed by atoms with Crippen molar-refractivity contribution in [2.75, 3.05) is 18.1 Å². The third-order valence-electron chi connectivity index (χ3n) is 5.04. The number of anilines is 1. The van der Waals surface area contributed by atoms with Crippen LogP contribution in [-0.4, -0.2) is 23.4 Å². The average Bonchev–Trinajstić information content (AvgIpc) is 3.11. The van der Waals surface area contributed by atoms with Gasteiger partial charge >= 0.3 is 0 Å². The molecule has 33 heavy (non-hydrogen) atoms. The minimum absolute atomic E-state index is 0.133. The second-order valence-corrected chi connectivity index (χ2v) is 9.29. The second kappa shape index (κ2) is 10.9. The van der Waals surface area contributed by atoms with Crippen molar-refractivity contribution in [3.05, 3.63) is 93.9 Å². The molecule has 0 radical (unpaired) electrons. The summed E-state index contributed by atoms with van der Waals surface area (Å²) in [6, 6.07) is 22.8. The molecule has 3 aromatic rings. The maximum atomic E-state index is 13.1. The number of carbonyl (C=O) groups is 1. The molecule has 0 aliphatic carbocycles. The Morgan fingerprint density at radius 1 is 0.939 bits per heavy atom. The van der Waals surface area contributed by atoms with Gasteiger partial charge in [0.25, 0.3) is 5.91 Å². The zero-order chi connectivity index (χ0) is 23.2. The van der Waals surface area contributed by atoms with Crippen LogP contribution in [0.15, 0.2) is 77.7 Å². The van der Waals surface area contributed by atoms with Crippen LogP contribution in [-0.2, 0) is 11.2 Å². The summed E-state index contributed by atoms with van der Waals surface area (Å²) in [5.74, 6) is 1.15. The van der Waals surface area contributed by atoms with Gasteiger partial charge in [-0.2, -0.15) is 0 Å². The van der Waals surface area contributed by atoms with Crippen molar-refractivity contribution in [2.45, 2.75) is 13.3 Å². The Hall–Kier alpha value is -2.80. The lowest BCUT2D eigenvalue weighted by Crippen LogP contribution is -2.27. The van der Waals surface area contributed by atoms with E-state index >= 15 is 0 Å². The predicted octanol–water partition coefficient (Wildman–Crippen LogP) is 6.77. The number of rotatable bonds is 8. The number of hydrogen-bond donors (Lipinski definition) is 0. The zero-order valence-corrected chi connectivity index (χ0v) is 20.4. The minimum atomic E-state index is -0.133. The van der Waals surface area contributed by atoms with Gasteiger partial charge in [-0.05, 0) is 48.4 Å². The highest BCUT2D eigenvalue weighted by atomic mass is 35.5. The van der Waals surface area contributed by atoms with Crippen LogP contribution in [0.2, 0.25) is 5.02 Å². The minimum Gasteiger partial charge on any atom is -0.489 e. The summed E-state index contributed by atoms with van der Waals surface area (Å²) in [6.07, 6.45) is 2.77. The van der Waals surface area contributed by atoms with E-state index in [2.05, 4.69) is 6.92 Å². The van der Waals surface area contributed by atoms with Gasteiger partial charge in [0, 0.05) is 5.56 Å². The highest BCUT2D eigenvalue weighted by Gasteiger charge is 2.33. The maximum Gasteiger partial charge on any atom is 0.270 e. The first-order chi connectivity index (χ1) is 16.1. The van der Waals surface area contributed by atoms with Crippen LogP contribution in [0.1, 0.15) is 18.1 Å². The Labute approximate surface area is 208 Å². The number of thioether (sulfide) groups is 1. The van der Waals surface area contributed by atoms with Crippen molar-refractivity contribution in [1.29, 1.82) is 0 Å². The molecule has 0 bridgehead atoms. The van der Waals surface area contributed by atoms with Crippen LogP contribution in [0.4, 0.5) is 5.69 Å². The Kier molecular flexibility index (Phi) is 7.70. The molecule has 3 aromatic carbocycles. The van der Waals surface area contributed by atoms with E-state index in [-0.39, 0.29) is 5.91 Å². The summed E-state index contributed by atoms with van der Waals surface area (Å²) < 4.78 is 12.1. The smallest absolute Gasteiger partial charge is 0.270 e. The largest absolute Gasteiger partial charge is 0.489 e. The number of thiocarbonyl (C=S) groups is 1. The number of ether oxygens (including phenoxy) is 2. The standard InChI is InChI=1S/C26H22ClNO3S2/c1-2-18-11-13-20(14-12-18)28-25(29)24(33-26(28)32)17-19-7-3-5-9-22(19)30-15-16-31-23-10-6-4-8-21(23)27/h3-14,17H,2,15-16H2,1H3/b24-17-. The fraction of sp³-hybridized carbons (Fsp3) is 0.154. The van der Waals surface area contributed by atoms with Crippen LogP contribution in [0, 0.1) is 0 Å².